The van der Waals surface area contributed by atoms with Crippen molar-refractivity contribution in [3.63, 3.8) is 0 Å². The minimum absolute atomic E-state index is 0.0262. The first-order valence-corrected chi connectivity index (χ1v) is 9.91. The molecular formula is C24H23F3N2O3. The molecule has 0 aliphatic heterocycles. The molecule has 3 aromatic rings. The first kappa shape index (κ1) is 23.3. The molecule has 32 heavy (non-hydrogen) atoms. The summed E-state index contributed by atoms with van der Waals surface area (Å²) in [6.07, 6.45) is -3.77. The van der Waals surface area contributed by atoms with E-state index in [9.17, 15) is 18.0 Å². The molecule has 1 N–H and O–H groups in total. The van der Waals surface area contributed by atoms with Crippen molar-refractivity contribution in [3.05, 3.63) is 83.2 Å². The molecule has 1 aromatic heterocycles. The zero-order valence-corrected chi connectivity index (χ0v) is 17.9. The van der Waals surface area contributed by atoms with Crippen LogP contribution in [0.25, 0.3) is 0 Å². The van der Waals surface area contributed by atoms with Crippen LogP contribution in [0.1, 0.15) is 34.2 Å². The van der Waals surface area contributed by atoms with Gasteiger partial charge in [-0.25, -0.2) is 0 Å². The molecule has 0 radical (unpaired) electrons. The molecule has 0 bridgehead atoms. The number of nitrogens with one attached hydrogen (secondary N) is 1. The summed E-state index contributed by atoms with van der Waals surface area (Å²) in [7, 11) is 1.63. The first-order chi connectivity index (χ1) is 15.2. The van der Waals surface area contributed by atoms with Crippen LogP contribution in [0.5, 0.6) is 11.5 Å². The zero-order valence-electron chi connectivity index (χ0n) is 17.9. The number of hydrogen-bond acceptors (Lipinski definition) is 4. The van der Waals surface area contributed by atoms with E-state index < -0.39 is 11.7 Å². The molecule has 0 fully saturated rings. The third kappa shape index (κ3) is 6.07. The largest absolute Gasteiger partial charge is 0.457 e. The number of carbonyl (C=O) groups excluding carboxylic acids is 1. The lowest BCUT2D eigenvalue weighted by molar-refractivity contribution is -0.137. The number of methoxy groups -OCH3 is 1. The molecule has 1 unspecified atom stereocenters. The van der Waals surface area contributed by atoms with Crippen molar-refractivity contribution < 1.29 is 27.4 Å². The van der Waals surface area contributed by atoms with Crippen molar-refractivity contribution in [3.8, 4) is 11.5 Å². The molecule has 3 rings (SSSR count). The predicted octanol–water partition coefficient (Wildman–Crippen LogP) is 6.03. The monoisotopic (exact) mass is 444 g/mol. The van der Waals surface area contributed by atoms with Crippen LogP contribution >= 0.6 is 0 Å². The van der Waals surface area contributed by atoms with Gasteiger partial charge in [-0.3, -0.25) is 9.78 Å². The summed E-state index contributed by atoms with van der Waals surface area (Å²) < 4.78 is 49.3. The smallest absolute Gasteiger partial charge is 0.416 e. The minimum Gasteiger partial charge on any atom is -0.457 e. The van der Waals surface area contributed by atoms with Crippen LogP contribution in [0, 0.1) is 6.92 Å². The van der Waals surface area contributed by atoms with E-state index in [4.69, 9.17) is 9.47 Å². The number of benzene rings is 2. The van der Waals surface area contributed by atoms with E-state index in [0.29, 0.717) is 29.1 Å². The highest BCUT2D eigenvalue weighted by Crippen LogP contribution is 2.32. The number of pyridine rings is 1. The molecule has 0 aliphatic carbocycles. The van der Waals surface area contributed by atoms with E-state index in [1.54, 1.807) is 50.4 Å². The molecule has 0 spiro atoms. The van der Waals surface area contributed by atoms with E-state index >= 15 is 0 Å². The molecule has 0 saturated heterocycles. The first-order valence-electron chi connectivity index (χ1n) is 9.91. The van der Waals surface area contributed by atoms with Crippen LogP contribution in [0.15, 0.2) is 60.7 Å². The van der Waals surface area contributed by atoms with Gasteiger partial charge in [-0.2, -0.15) is 13.2 Å². The fourth-order valence-electron chi connectivity index (χ4n) is 3.02. The van der Waals surface area contributed by atoms with Gasteiger partial charge in [-0.1, -0.05) is 6.07 Å². The second-order valence-electron chi connectivity index (χ2n) is 7.29. The normalized spacial score (nSPS) is 12.3. The van der Waals surface area contributed by atoms with Crippen molar-refractivity contribution in [2.45, 2.75) is 32.5 Å². The number of alkyl halides is 3. The van der Waals surface area contributed by atoms with Gasteiger partial charge in [-0.05, 0) is 68.4 Å². The third-order valence-electron chi connectivity index (χ3n) is 4.80. The average molecular weight is 444 g/mol. The number of hydrogen-bond donors (Lipinski definition) is 1. The van der Waals surface area contributed by atoms with Gasteiger partial charge < -0.3 is 14.8 Å². The van der Waals surface area contributed by atoms with E-state index in [-0.39, 0.29) is 17.8 Å². The van der Waals surface area contributed by atoms with E-state index in [1.165, 1.54) is 12.1 Å². The van der Waals surface area contributed by atoms with Crippen molar-refractivity contribution in [2.75, 3.05) is 12.4 Å². The number of halogens is 3. The summed E-state index contributed by atoms with van der Waals surface area (Å²) >= 11 is 0. The molecule has 2 aromatic carbocycles. The van der Waals surface area contributed by atoms with Crippen molar-refractivity contribution >= 4 is 11.6 Å². The zero-order chi connectivity index (χ0) is 23.3. The maximum atomic E-state index is 12.8. The second kappa shape index (κ2) is 9.82. The Hall–Kier alpha value is -3.39. The number of nitrogens with zero attached hydrogens (tertiary/aromatic N) is 1. The van der Waals surface area contributed by atoms with Gasteiger partial charge in [-0.15, -0.1) is 0 Å². The number of carbonyl (C=O) groups is 1. The Morgan fingerprint density at radius 3 is 2.41 bits per heavy atom. The summed E-state index contributed by atoms with van der Waals surface area (Å²) in [5.74, 6) is 0.103. The fourth-order valence-corrected chi connectivity index (χ4v) is 3.02. The van der Waals surface area contributed by atoms with Crippen LogP contribution in [-0.4, -0.2) is 24.1 Å². The summed E-state index contributed by atoms with van der Waals surface area (Å²) in [6.45, 7) is 3.71. The number of aryl methyl sites for hydroxylation is 1. The van der Waals surface area contributed by atoms with Crippen LogP contribution < -0.4 is 10.1 Å². The Kier molecular flexibility index (Phi) is 7.15. The number of rotatable bonds is 7. The van der Waals surface area contributed by atoms with E-state index in [1.807, 2.05) is 6.92 Å². The number of ether oxygens (including phenoxy) is 2. The fraction of sp³-hybridized carbons (Fsp3) is 0.250. The van der Waals surface area contributed by atoms with Crippen molar-refractivity contribution in [1.29, 1.82) is 0 Å². The van der Waals surface area contributed by atoms with Gasteiger partial charge >= 0.3 is 6.18 Å². The molecule has 5 nitrogen and oxygen atoms in total. The topological polar surface area (TPSA) is 60.5 Å². The quantitative estimate of drug-likeness (QED) is 0.483. The Morgan fingerprint density at radius 2 is 1.78 bits per heavy atom. The van der Waals surface area contributed by atoms with E-state index in [2.05, 4.69) is 10.3 Å². The predicted molar refractivity (Wildman–Crippen MR) is 115 cm³/mol. The minimum atomic E-state index is -4.44. The van der Waals surface area contributed by atoms with Crippen LogP contribution in [0.2, 0.25) is 0 Å². The molecular weight excluding hydrogens is 421 g/mol. The van der Waals surface area contributed by atoms with Crippen LogP contribution in [0.3, 0.4) is 0 Å². The number of amides is 1. The highest BCUT2D eigenvalue weighted by atomic mass is 19.4. The third-order valence-corrected chi connectivity index (χ3v) is 4.80. The Balaban J connectivity index is 1.65. The highest BCUT2D eigenvalue weighted by molar-refractivity contribution is 6.05. The van der Waals surface area contributed by atoms with Gasteiger partial charge in [0.1, 0.15) is 11.5 Å². The number of aromatic nitrogens is 1. The van der Waals surface area contributed by atoms with Gasteiger partial charge in [0.05, 0.1) is 22.9 Å². The molecule has 0 saturated carbocycles. The Morgan fingerprint density at radius 1 is 1.06 bits per heavy atom. The summed E-state index contributed by atoms with van der Waals surface area (Å²) in [6, 6.07) is 14.5. The second-order valence-corrected chi connectivity index (χ2v) is 7.29. The SMILES string of the molecule is COC(C)Cc1ccc(C(=O)Nc2ccc(Oc3cccc(C(F)(F)F)c3)cc2)c(C)n1. The maximum Gasteiger partial charge on any atom is 0.416 e. The standard InChI is InChI=1S/C24H23F3N2O3/c1-15(31-3)13-19-9-12-22(16(2)28-19)23(30)29-18-7-10-20(11-8-18)32-21-6-4-5-17(14-21)24(25,26)27/h4-12,14-15H,13H2,1-3H3,(H,29,30). The molecule has 8 heteroatoms. The van der Waals surface area contributed by atoms with Gasteiger partial charge in [0, 0.05) is 24.9 Å². The molecule has 0 aliphatic rings. The maximum absolute atomic E-state index is 12.8. The van der Waals surface area contributed by atoms with Crippen LogP contribution in [-0.2, 0) is 17.3 Å². The van der Waals surface area contributed by atoms with Crippen molar-refractivity contribution in [1.82, 2.24) is 4.98 Å². The Bertz CT molecular complexity index is 1080. The molecule has 1 amide bonds. The van der Waals surface area contributed by atoms with Gasteiger partial charge in [0.25, 0.3) is 5.91 Å². The lowest BCUT2D eigenvalue weighted by Gasteiger charge is -2.12. The molecule has 1 atom stereocenters. The molecule has 168 valence electrons. The van der Waals surface area contributed by atoms with Crippen molar-refractivity contribution in [2.24, 2.45) is 0 Å². The van der Waals surface area contributed by atoms with Gasteiger partial charge in [0.2, 0.25) is 0 Å². The highest BCUT2D eigenvalue weighted by Gasteiger charge is 2.30. The number of anilines is 1. The van der Waals surface area contributed by atoms with Crippen LogP contribution in [0.4, 0.5) is 18.9 Å². The lowest BCUT2D eigenvalue weighted by atomic mass is 10.1. The Labute approximate surface area is 184 Å². The van der Waals surface area contributed by atoms with E-state index in [0.717, 1.165) is 17.8 Å². The average Bonchev–Trinajstić information content (AvgIpc) is 2.74. The summed E-state index contributed by atoms with van der Waals surface area (Å²) in [4.78, 5) is 17.1. The lowest BCUT2D eigenvalue weighted by Crippen LogP contribution is -2.16. The molecule has 1 heterocycles. The van der Waals surface area contributed by atoms with Gasteiger partial charge in [0.15, 0.2) is 0 Å². The summed E-state index contributed by atoms with van der Waals surface area (Å²) in [5, 5.41) is 2.78. The summed E-state index contributed by atoms with van der Waals surface area (Å²) in [5.41, 5.74) is 1.62.